The number of ether oxygens (including phenoxy) is 1. The summed E-state index contributed by atoms with van der Waals surface area (Å²) in [4.78, 5) is 14.8. The molecule has 1 aromatic rings. The second-order valence-electron chi connectivity index (χ2n) is 6.32. The summed E-state index contributed by atoms with van der Waals surface area (Å²) in [6.07, 6.45) is 5.88. The van der Waals surface area contributed by atoms with Crippen LogP contribution in [0.2, 0.25) is 0 Å². The molecule has 0 aromatic heterocycles. The van der Waals surface area contributed by atoms with Gasteiger partial charge in [0.15, 0.2) is 0 Å². The normalized spacial score (nSPS) is 15.7. The molecule has 0 radical (unpaired) electrons. The molecule has 1 saturated heterocycles. The molecule has 0 aliphatic carbocycles. The van der Waals surface area contributed by atoms with Crippen molar-refractivity contribution in [2.75, 3.05) is 26.7 Å². The van der Waals surface area contributed by atoms with Crippen LogP contribution in [0.3, 0.4) is 0 Å². The average molecular weight is 368 g/mol. The number of benzene rings is 1. The van der Waals surface area contributed by atoms with E-state index >= 15 is 0 Å². The molecule has 1 amide bonds. The van der Waals surface area contributed by atoms with Crippen molar-refractivity contribution in [3.05, 3.63) is 23.8 Å². The van der Waals surface area contributed by atoms with Gasteiger partial charge in [-0.2, -0.15) is 0 Å². The standard InChI is InChI=1S/C18H28N2O4S/c1-3-4-11-19-25(22,23)15-9-10-17(24-2)16(14-15)18(21)20-12-7-5-6-8-13-20/h9-10,14,19H,3-8,11-13H2,1-2H3. The van der Waals surface area contributed by atoms with Gasteiger partial charge in [0.2, 0.25) is 10.0 Å². The number of carbonyl (C=O) groups excluding carboxylic acids is 1. The van der Waals surface area contributed by atoms with E-state index in [1.807, 2.05) is 6.92 Å². The summed E-state index contributed by atoms with van der Waals surface area (Å²) in [5.41, 5.74) is 0.308. The van der Waals surface area contributed by atoms with Crippen molar-refractivity contribution < 1.29 is 17.9 Å². The van der Waals surface area contributed by atoms with E-state index in [2.05, 4.69) is 4.72 Å². The fraction of sp³-hybridized carbons (Fsp3) is 0.611. The van der Waals surface area contributed by atoms with E-state index in [1.54, 1.807) is 11.0 Å². The van der Waals surface area contributed by atoms with Gasteiger partial charge in [-0.05, 0) is 37.5 Å². The Labute approximate surface area is 150 Å². The molecule has 1 aromatic carbocycles. The van der Waals surface area contributed by atoms with Crippen molar-refractivity contribution in [3.63, 3.8) is 0 Å². The summed E-state index contributed by atoms with van der Waals surface area (Å²) in [5, 5.41) is 0. The number of unbranched alkanes of at least 4 members (excludes halogenated alkanes) is 1. The predicted molar refractivity (Wildman–Crippen MR) is 97.5 cm³/mol. The fourth-order valence-electron chi connectivity index (χ4n) is 2.93. The van der Waals surface area contributed by atoms with Crippen molar-refractivity contribution in [3.8, 4) is 5.75 Å². The number of nitrogens with one attached hydrogen (secondary N) is 1. The van der Waals surface area contributed by atoms with E-state index in [4.69, 9.17) is 4.74 Å². The monoisotopic (exact) mass is 368 g/mol. The van der Waals surface area contributed by atoms with Crippen LogP contribution >= 0.6 is 0 Å². The zero-order valence-electron chi connectivity index (χ0n) is 15.1. The van der Waals surface area contributed by atoms with Crippen LogP contribution in [-0.2, 0) is 10.0 Å². The van der Waals surface area contributed by atoms with Crippen LogP contribution < -0.4 is 9.46 Å². The Morgan fingerprint density at radius 3 is 2.48 bits per heavy atom. The molecule has 0 spiro atoms. The first-order valence-corrected chi connectivity index (χ1v) is 10.4. The Bertz CT molecular complexity index is 680. The third kappa shape index (κ3) is 5.19. The molecule has 7 heteroatoms. The predicted octanol–water partition coefficient (Wildman–Crippen LogP) is 2.79. The van der Waals surface area contributed by atoms with Crippen LogP contribution in [0, 0.1) is 0 Å². The van der Waals surface area contributed by atoms with Gasteiger partial charge in [0, 0.05) is 19.6 Å². The van der Waals surface area contributed by atoms with E-state index in [0.717, 1.165) is 38.5 Å². The molecule has 0 saturated carbocycles. The highest BCUT2D eigenvalue weighted by atomic mass is 32.2. The first-order valence-electron chi connectivity index (χ1n) is 8.96. The Hall–Kier alpha value is -1.60. The lowest BCUT2D eigenvalue weighted by Gasteiger charge is -2.22. The highest BCUT2D eigenvalue weighted by Crippen LogP contribution is 2.25. The number of hydrogen-bond acceptors (Lipinski definition) is 4. The highest BCUT2D eigenvalue weighted by Gasteiger charge is 2.23. The minimum atomic E-state index is -3.63. The van der Waals surface area contributed by atoms with Crippen molar-refractivity contribution >= 4 is 15.9 Å². The minimum absolute atomic E-state index is 0.0996. The molecule has 0 bridgehead atoms. The summed E-state index contributed by atoms with van der Waals surface area (Å²) in [6, 6.07) is 4.46. The lowest BCUT2D eigenvalue weighted by atomic mass is 10.1. The van der Waals surface area contributed by atoms with Gasteiger partial charge in [0.1, 0.15) is 5.75 Å². The molecule has 0 unspecified atom stereocenters. The van der Waals surface area contributed by atoms with Crippen LogP contribution in [0.4, 0.5) is 0 Å². The van der Waals surface area contributed by atoms with E-state index in [1.165, 1.54) is 19.2 Å². The quantitative estimate of drug-likeness (QED) is 0.751. The van der Waals surface area contributed by atoms with Crippen LogP contribution in [-0.4, -0.2) is 46.0 Å². The molecule has 2 rings (SSSR count). The van der Waals surface area contributed by atoms with Gasteiger partial charge in [0.25, 0.3) is 5.91 Å². The number of sulfonamides is 1. The third-order valence-corrected chi connectivity index (χ3v) is 5.89. The Morgan fingerprint density at radius 2 is 1.88 bits per heavy atom. The Morgan fingerprint density at radius 1 is 1.20 bits per heavy atom. The number of nitrogens with zero attached hydrogens (tertiary/aromatic N) is 1. The smallest absolute Gasteiger partial charge is 0.257 e. The number of carbonyl (C=O) groups is 1. The van der Waals surface area contributed by atoms with E-state index in [0.29, 0.717) is 30.9 Å². The molecule has 25 heavy (non-hydrogen) atoms. The van der Waals surface area contributed by atoms with E-state index < -0.39 is 10.0 Å². The van der Waals surface area contributed by atoms with Crippen molar-refractivity contribution in [1.29, 1.82) is 0 Å². The topological polar surface area (TPSA) is 75.7 Å². The van der Waals surface area contributed by atoms with Crippen molar-refractivity contribution in [2.24, 2.45) is 0 Å². The van der Waals surface area contributed by atoms with Crippen molar-refractivity contribution in [2.45, 2.75) is 50.3 Å². The molecule has 140 valence electrons. The highest BCUT2D eigenvalue weighted by molar-refractivity contribution is 7.89. The van der Waals surface area contributed by atoms with Gasteiger partial charge in [-0.25, -0.2) is 13.1 Å². The summed E-state index contributed by atoms with van der Waals surface area (Å²) in [5.74, 6) is 0.242. The molecule has 1 N–H and O–H groups in total. The van der Waals surface area contributed by atoms with Crippen LogP contribution in [0.1, 0.15) is 55.8 Å². The Kier molecular flexibility index (Phi) is 7.25. The van der Waals surface area contributed by atoms with Gasteiger partial charge < -0.3 is 9.64 Å². The molecule has 1 fully saturated rings. The summed E-state index contributed by atoms with van der Waals surface area (Å²) < 4.78 is 32.7. The SMILES string of the molecule is CCCCNS(=O)(=O)c1ccc(OC)c(C(=O)N2CCCCCC2)c1. The maximum atomic E-state index is 12.9. The molecule has 6 nitrogen and oxygen atoms in total. The first kappa shape index (κ1) is 19.7. The van der Waals surface area contributed by atoms with Gasteiger partial charge in [-0.1, -0.05) is 26.2 Å². The van der Waals surface area contributed by atoms with Crippen molar-refractivity contribution in [1.82, 2.24) is 9.62 Å². The molecular weight excluding hydrogens is 340 g/mol. The van der Waals surface area contributed by atoms with E-state index in [9.17, 15) is 13.2 Å². The molecule has 1 aliphatic heterocycles. The number of methoxy groups -OCH3 is 1. The first-order chi connectivity index (χ1) is 12.0. The second kappa shape index (κ2) is 9.20. The maximum absolute atomic E-state index is 12.9. The number of likely N-dealkylation sites (tertiary alicyclic amines) is 1. The zero-order chi connectivity index (χ0) is 18.3. The minimum Gasteiger partial charge on any atom is -0.496 e. The molecule has 1 heterocycles. The van der Waals surface area contributed by atoms with Crippen LogP contribution in [0.5, 0.6) is 5.75 Å². The maximum Gasteiger partial charge on any atom is 0.257 e. The van der Waals surface area contributed by atoms with Gasteiger partial charge in [-0.15, -0.1) is 0 Å². The van der Waals surface area contributed by atoms with Crippen LogP contribution in [0.25, 0.3) is 0 Å². The summed E-state index contributed by atoms with van der Waals surface area (Å²) >= 11 is 0. The Balaban J connectivity index is 2.28. The summed E-state index contributed by atoms with van der Waals surface area (Å²) in [6.45, 7) is 3.79. The average Bonchev–Trinajstić information content (AvgIpc) is 2.90. The number of hydrogen-bond donors (Lipinski definition) is 1. The largest absolute Gasteiger partial charge is 0.496 e. The fourth-order valence-corrected chi connectivity index (χ4v) is 4.03. The van der Waals surface area contributed by atoms with Crippen LogP contribution in [0.15, 0.2) is 23.1 Å². The summed E-state index contributed by atoms with van der Waals surface area (Å²) in [7, 11) is -2.14. The molecular formula is C18H28N2O4S. The zero-order valence-corrected chi connectivity index (χ0v) is 15.9. The van der Waals surface area contributed by atoms with E-state index in [-0.39, 0.29) is 10.8 Å². The molecule has 0 atom stereocenters. The van der Waals surface area contributed by atoms with Gasteiger partial charge in [0.05, 0.1) is 17.6 Å². The lowest BCUT2D eigenvalue weighted by Crippen LogP contribution is -2.32. The third-order valence-electron chi connectivity index (χ3n) is 4.43. The lowest BCUT2D eigenvalue weighted by molar-refractivity contribution is 0.0758. The van der Waals surface area contributed by atoms with Gasteiger partial charge >= 0.3 is 0 Å². The second-order valence-corrected chi connectivity index (χ2v) is 8.09. The number of amides is 1. The number of rotatable bonds is 7. The molecule has 1 aliphatic rings. The van der Waals surface area contributed by atoms with Gasteiger partial charge in [-0.3, -0.25) is 4.79 Å².